The molecule has 0 aliphatic carbocycles. The van der Waals surface area contributed by atoms with Crippen molar-refractivity contribution < 1.29 is 14.4 Å². The Morgan fingerprint density at radius 1 is 1.44 bits per heavy atom. The Hall–Kier alpha value is -1.91. The molecule has 0 spiro atoms. The summed E-state index contributed by atoms with van der Waals surface area (Å²) in [6.07, 6.45) is 2.46. The Balaban J connectivity index is 0.000000331. The van der Waals surface area contributed by atoms with E-state index in [0.717, 1.165) is 6.42 Å². The zero-order chi connectivity index (χ0) is 14.3. The van der Waals surface area contributed by atoms with E-state index >= 15 is 0 Å². The lowest BCUT2D eigenvalue weighted by Crippen LogP contribution is -2.29. The molecule has 3 amide bonds. The third-order valence-corrected chi connectivity index (χ3v) is 2.53. The van der Waals surface area contributed by atoms with E-state index in [2.05, 4.69) is 13.2 Å². The lowest BCUT2D eigenvalue weighted by molar-refractivity contribution is -0.138. The van der Waals surface area contributed by atoms with Crippen LogP contribution >= 0.6 is 0 Å². The second-order valence-corrected chi connectivity index (χ2v) is 4.24. The number of imide groups is 1. The minimum absolute atomic E-state index is 0.0788. The number of nitrogens with zero attached hydrogens (tertiary/aromatic N) is 1. The number of rotatable bonds is 3. The van der Waals surface area contributed by atoms with Crippen LogP contribution in [0.1, 0.15) is 26.7 Å². The third-order valence-electron chi connectivity index (χ3n) is 2.53. The zero-order valence-corrected chi connectivity index (χ0v) is 10.9. The van der Waals surface area contributed by atoms with Crippen LogP contribution in [-0.4, -0.2) is 29.2 Å². The molecule has 1 saturated heterocycles. The van der Waals surface area contributed by atoms with Crippen molar-refractivity contribution in [1.82, 2.24) is 4.90 Å². The maximum absolute atomic E-state index is 10.8. The predicted octanol–water partition coefficient (Wildman–Crippen LogP) is 1.01. The van der Waals surface area contributed by atoms with Gasteiger partial charge >= 0.3 is 0 Å². The van der Waals surface area contributed by atoms with E-state index < -0.39 is 5.91 Å². The fraction of sp³-hybridized carbons (Fsp3) is 0.462. The molecule has 5 nitrogen and oxygen atoms in total. The topological polar surface area (TPSA) is 80.5 Å². The lowest BCUT2D eigenvalue weighted by Gasteiger charge is -2.08. The first kappa shape index (κ1) is 16.1. The van der Waals surface area contributed by atoms with E-state index in [1.54, 1.807) is 0 Å². The van der Waals surface area contributed by atoms with Crippen molar-refractivity contribution in [2.24, 2.45) is 11.7 Å². The van der Waals surface area contributed by atoms with E-state index in [1.165, 1.54) is 11.0 Å². The molecule has 0 aromatic carbocycles. The standard InChI is InChI=1S/C7H9NO2.C6H11NO/c1-2-6(9)8-5-3-4-7(8)10;1-4(2)5(3)6(7)8/h2H,1,3-5H2;4H,3H2,1-2H3,(H2,7,8). The minimum Gasteiger partial charge on any atom is -0.366 e. The summed E-state index contributed by atoms with van der Waals surface area (Å²) in [6.45, 7) is 11.1. The molecule has 0 aromatic heterocycles. The van der Waals surface area contributed by atoms with Crippen molar-refractivity contribution in [2.75, 3.05) is 6.54 Å². The van der Waals surface area contributed by atoms with E-state index in [9.17, 15) is 14.4 Å². The fourth-order valence-electron chi connectivity index (χ4n) is 1.28. The summed E-state index contributed by atoms with van der Waals surface area (Å²) in [6, 6.07) is 0. The van der Waals surface area contributed by atoms with Gasteiger partial charge in [0.25, 0.3) is 5.91 Å². The molecule has 1 fully saturated rings. The second-order valence-electron chi connectivity index (χ2n) is 4.24. The second kappa shape index (κ2) is 7.42. The summed E-state index contributed by atoms with van der Waals surface area (Å²) in [5.74, 6) is -0.583. The maximum atomic E-state index is 10.8. The van der Waals surface area contributed by atoms with Crippen LogP contribution in [0.15, 0.2) is 24.8 Å². The van der Waals surface area contributed by atoms with Crippen LogP contribution in [-0.2, 0) is 14.4 Å². The quantitative estimate of drug-likeness (QED) is 0.761. The third kappa shape index (κ3) is 4.95. The number of primary amides is 1. The van der Waals surface area contributed by atoms with E-state index in [4.69, 9.17) is 5.73 Å². The van der Waals surface area contributed by atoms with Crippen LogP contribution in [0.4, 0.5) is 0 Å². The minimum atomic E-state index is -0.403. The highest BCUT2D eigenvalue weighted by Gasteiger charge is 2.23. The Labute approximate surface area is 107 Å². The van der Waals surface area contributed by atoms with Gasteiger partial charge in [-0.3, -0.25) is 19.3 Å². The Morgan fingerprint density at radius 3 is 2.22 bits per heavy atom. The largest absolute Gasteiger partial charge is 0.366 e. The highest BCUT2D eigenvalue weighted by molar-refractivity contribution is 6.01. The summed E-state index contributed by atoms with van der Waals surface area (Å²) < 4.78 is 0. The Bertz CT molecular complexity index is 372. The summed E-state index contributed by atoms with van der Waals surface area (Å²) in [5, 5.41) is 0. The van der Waals surface area contributed by atoms with E-state index in [1.807, 2.05) is 13.8 Å². The van der Waals surface area contributed by atoms with Gasteiger partial charge in [-0.05, 0) is 18.4 Å². The molecule has 1 heterocycles. The highest BCUT2D eigenvalue weighted by atomic mass is 16.2. The fourth-order valence-corrected chi connectivity index (χ4v) is 1.28. The molecule has 0 radical (unpaired) electrons. The van der Waals surface area contributed by atoms with Gasteiger partial charge in [-0.1, -0.05) is 27.0 Å². The average molecular weight is 252 g/mol. The van der Waals surface area contributed by atoms with Crippen molar-refractivity contribution in [1.29, 1.82) is 0 Å². The molecule has 2 N–H and O–H groups in total. The van der Waals surface area contributed by atoms with E-state index in [-0.39, 0.29) is 17.7 Å². The van der Waals surface area contributed by atoms with E-state index in [0.29, 0.717) is 18.5 Å². The molecule has 0 bridgehead atoms. The molecule has 1 aliphatic heterocycles. The van der Waals surface area contributed by atoms with Crippen molar-refractivity contribution >= 4 is 17.7 Å². The summed E-state index contributed by atoms with van der Waals surface area (Å²) in [4.78, 5) is 33.1. The molecule has 1 rings (SSSR count). The van der Waals surface area contributed by atoms with Crippen LogP contribution in [0.2, 0.25) is 0 Å². The monoisotopic (exact) mass is 252 g/mol. The normalized spacial score (nSPS) is 13.9. The van der Waals surface area contributed by atoms with Gasteiger partial charge in [-0.25, -0.2) is 0 Å². The predicted molar refractivity (Wildman–Crippen MR) is 69.3 cm³/mol. The molecule has 0 unspecified atom stereocenters. The Kier molecular flexibility index (Phi) is 6.63. The molecule has 100 valence electrons. The molecule has 18 heavy (non-hydrogen) atoms. The SMILES string of the molecule is C=C(C(N)=O)C(C)C.C=CC(=O)N1CCCC1=O. The smallest absolute Gasteiger partial charge is 0.252 e. The van der Waals surface area contributed by atoms with Crippen LogP contribution in [0.3, 0.4) is 0 Å². The molecule has 5 heteroatoms. The number of carbonyl (C=O) groups is 3. The first-order valence-corrected chi connectivity index (χ1v) is 5.76. The summed E-state index contributed by atoms with van der Waals surface area (Å²) in [5.41, 5.74) is 5.39. The van der Waals surface area contributed by atoms with Gasteiger partial charge < -0.3 is 5.73 Å². The number of carbonyl (C=O) groups excluding carboxylic acids is 3. The molecule has 1 aliphatic rings. The summed E-state index contributed by atoms with van der Waals surface area (Å²) in [7, 11) is 0. The van der Waals surface area contributed by atoms with Gasteiger partial charge in [0, 0.05) is 18.5 Å². The first-order valence-electron chi connectivity index (χ1n) is 5.76. The van der Waals surface area contributed by atoms with Gasteiger partial charge in [0.15, 0.2) is 0 Å². The lowest BCUT2D eigenvalue weighted by atomic mass is 10.1. The molecule has 0 atom stereocenters. The van der Waals surface area contributed by atoms with Gasteiger partial charge in [-0.15, -0.1) is 0 Å². The van der Waals surface area contributed by atoms with Crippen LogP contribution in [0.25, 0.3) is 0 Å². The van der Waals surface area contributed by atoms with Gasteiger partial charge in [0.05, 0.1) is 0 Å². The number of hydrogen-bond donors (Lipinski definition) is 1. The van der Waals surface area contributed by atoms with Crippen molar-refractivity contribution in [3.8, 4) is 0 Å². The molecule has 0 saturated carbocycles. The van der Waals surface area contributed by atoms with Crippen molar-refractivity contribution in [2.45, 2.75) is 26.7 Å². The number of likely N-dealkylation sites (tertiary alicyclic amines) is 1. The summed E-state index contributed by atoms with van der Waals surface area (Å²) >= 11 is 0. The Morgan fingerprint density at radius 2 is 2.00 bits per heavy atom. The maximum Gasteiger partial charge on any atom is 0.252 e. The average Bonchev–Trinajstić information content (AvgIpc) is 2.74. The van der Waals surface area contributed by atoms with Crippen molar-refractivity contribution in [3.63, 3.8) is 0 Å². The molecular formula is C13H20N2O3. The van der Waals surface area contributed by atoms with Crippen LogP contribution in [0, 0.1) is 5.92 Å². The number of amides is 3. The van der Waals surface area contributed by atoms with Crippen LogP contribution in [0.5, 0.6) is 0 Å². The van der Waals surface area contributed by atoms with Gasteiger partial charge in [-0.2, -0.15) is 0 Å². The van der Waals surface area contributed by atoms with Crippen molar-refractivity contribution in [3.05, 3.63) is 24.8 Å². The van der Waals surface area contributed by atoms with Gasteiger partial charge in [0.2, 0.25) is 11.8 Å². The van der Waals surface area contributed by atoms with Gasteiger partial charge in [0.1, 0.15) is 0 Å². The molecule has 0 aromatic rings. The molecular weight excluding hydrogens is 232 g/mol. The first-order chi connectivity index (χ1) is 8.31. The van der Waals surface area contributed by atoms with Crippen LogP contribution < -0.4 is 5.73 Å². The zero-order valence-electron chi connectivity index (χ0n) is 10.9. The number of nitrogens with two attached hydrogens (primary N) is 1. The number of hydrogen-bond acceptors (Lipinski definition) is 3. The highest BCUT2D eigenvalue weighted by Crippen LogP contribution is 2.09.